The molecule has 0 heterocycles. The van der Waals surface area contributed by atoms with Crippen LogP contribution in [-0.2, 0) is 6.42 Å². The van der Waals surface area contributed by atoms with E-state index in [1.165, 1.54) is 0 Å². The van der Waals surface area contributed by atoms with Gasteiger partial charge < -0.3 is 20.1 Å². The average Bonchev–Trinajstić information content (AvgIpc) is 2.44. The molecule has 5 heteroatoms. The van der Waals surface area contributed by atoms with Gasteiger partial charge in [0.2, 0.25) is 0 Å². The molecule has 2 N–H and O–H groups in total. The smallest absolute Gasteiger partial charge is 0.314 e. The Hall–Kier alpha value is -1.91. The number of carbonyl (C=O) groups excluding carboxylic acids is 1. The summed E-state index contributed by atoms with van der Waals surface area (Å²) in [6.45, 7) is 7.41. The minimum Gasteiger partial charge on any atom is -0.497 e. The maximum absolute atomic E-state index is 11.7. The van der Waals surface area contributed by atoms with E-state index < -0.39 is 0 Å². The maximum atomic E-state index is 11.7. The van der Waals surface area contributed by atoms with Crippen LogP contribution in [0.15, 0.2) is 18.2 Å². The molecular formula is C16H26N2O3. The molecule has 1 aromatic rings. The van der Waals surface area contributed by atoms with Crippen molar-refractivity contribution in [1.82, 2.24) is 10.6 Å². The van der Waals surface area contributed by atoms with Gasteiger partial charge in [0.05, 0.1) is 14.2 Å². The van der Waals surface area contributed by atoms with Crippen molar-refractivity contribution in [1.29, 1.82) is 0 Å². The second-order valence-electron chi connectivity index (χ2n) is 6.10. The van der Waals surface area contributed by atoms with Gasteiger partial charge in [-0.15, -0.1) is 0 Å². The largest absolute Gasteiger partial charge is 0.497 e. The molecule has 21 heavy (non-hydrogen) atoms. The zero-order valence-corrected chi connectivity index (χ0v) is 13.6. The summed E-state index contributed by atoms with van der Waals surface area (Å²) in [6.07, 6.45) is 0.684. The van der Waals surface area contributed by atoms with Crippen LogP contribution in [-0.4, -0.2) is 33.3 Å². The van der Waals surface area contributed by atoms with Gasteiger partial charge in [-0.2, -0.15) is 0 Å². The van der Waals surface area contributed by atoms with E-state index in [9.17, 15) is 4.79 Å². The van der Waals surface area contributed by atoms with Gasteiger partial charge in [-0.05, 0) is 35.6 Å². The van der Waals surface area contributed by atoms with Crippen LogP contribution in [0.5, 0.6) is 11.5 Å². The van der Waals surface area contributed by atoms with E-state index in [1.807, 2.05) is 18.2 Å². The van der Waals surface area contributed by atoms with E-state index in [4.69, 9.17) is 9.47 Å². The molecule has 0 unspecified atom stereocenters. The maximum Gasteiger partial charge on any atom is 0.314 e. The number of nitrogens with one attached hydrogen (secondary N) is 2. The lowest BCUT2D eigenvalue weighted by Crippen LogP contribution is -2.40. The third kappa shape index (κ3) is 6.38. The summed E-state index contributed by atoms with van der Waals surface area (Å²) in [5.74, 6) is 1.58. The number of benzene rings is 1. The first kappa shape index (κ1) is 17.1. The van der Waals surface area contributed by atoms with E-state index in [0.717, 1.165) is 17.1 Å². The first-order chi connectivity index (χ1) is 9.85. The number of rotatable bonds is 6. The van der Waals surface area contributed by atoms with Crippen LogP contribution in [0.2, 0.25) is 0 Å². The molecule has 0 fully saturated rings. The zero-order chi connectivity index (χ0) is 15.9. The number of urea groups is 1. The summed E-state index contributed by atoms with van der Waals surface area (Å²) < 4.78 is 10.5. The van der Waals surface area contributed by atoms with E-state index in [0.29, 0.717) is 19.5 Å². The van der Waals surface area contributed by atoms with Crippen molar-refractivity contribution in [3.05, 3.63) is 23.8 Å². The monoisotopic (exact) mass is 294 g/mol. The Morgan fingerprint density at radius 2 is 1.86 bits per heavy atom. The van der Waals surface area contributed by atoms with Crippen LogP contribution in [0.25, 0.3) is 0 Å². The number of amides is 2. The molecule has 0 atom stereocenters. The van der Waals surface area contributed by atoms with Gasteiger partial charge in [-0.3, -0.25) is 0 Å². The Morgan fingerprint density at radius 1 is 1.14 bits per heavy atom. The predicted molar refractivity (Wildman–Crippen MR) is 84.1 cm³/mol. The zero-order valence-electron chi connectivity index (χ0n) is 13.6. The molecule has 1 rings (SSSR count). The number of ether oxygens (including phenoxy) is 2. The Labute approximate surface area is 127 Å². The molecule has 0 aliphatic carbocycles. The van der Waals surface area contributed by atoms with Crippen molar-refractivity contribution in [2.45, 2.75) is 27.2 Å². The lowest BCUT2D eigenvalue weighted by molar-refractivity contribution is 0.235. The molecule has 0 bridgehead atoms. The first-order valence-corrected chi connectivity index (χ1v) is 7.08. The van der Waals surface area contributed by atoms with Gasteiger partial charge in [0.25, 0.3) is 0 Å². The summed E-state index contributed by atoms with van der Waals surface area (Å²) in [6, 6.07) is 5.50. The van der Waals surface area contributed by atoms with Crippen molar-refractivity contribution in [2.24, 2.45) is 5.41 Å². The molecule has 5 nitrogen and oxygen atoms in total. The molecule has 118 valence electrons. The second-order valence-corrected chi connectivity index (χ2v) is 6.10. The molecule has 0 aliphatic heterocycles. The van der Waals surface area contributed by atoms with Gasteiger partial charge in [-0.1, -0.05) is 20.8 Å². The van der Waals surface area contributed by atoms with Crippen LogP contribution in [0, 0.1) is 5.41 Å². The van der Waals surface area contributed by atoms with Crippen LogP contribution >= 0.6 is 0 Å². The van der Waals surface area contributed by atoms with Gasteiger partial charge in [0, 0.05) is 13.1 Å². The third-order valence-electron chi connectivity index (χ3n) is 2.95. The normalized spacial score (nSPS) is 10.9. The fourth-order valence-corrected chi connectivity index (χ4v) is 1.80. The molecule has 0 aromatic heterocycles. The Morgan fingerprint density at radius 3 is 2.43 bits per heavy atom. The quantitative estimate of drug-likeness (QED) is 0.848. The standard InChI is InChI=1S/C16H26N2O3/c1-16(2,3)11-18-15(19)17-9-8-12-10-13(20-4)6-7-14(12)21-5/h6-7,10H,8-9,11H2,1-5H3,(H2,17,18,19). The molecule has 0 aliphatic rings. The number of methoxy groups -OCH3 is 2. The van der Waals surface area contributed by atoms with Crippen LogP contribution in [0.1, 0.15) is 26.3 Å². The summed E-state index contributed by atoms with van der Waals surface area (Å²) in [4.78, 5) is 11.7. The summed E-state index contributed by atoms with van der Waals surface area (Å²) >= 11 is 0. The van der Waals surface area contributed by atoms with Crippen LogP contribution < -0.4 is 20.1 Å². The minimum atomic E-state index is -0.146. The Bertz CT molecular complexity index is 467. The van der Waals surface area contributed by atoms with Crippen molar-refractivity contribution in [3.63, 3.8) is 0 Å². The highest BCUT2D eigenvalue weighted by Crippen LogP contribution is 2.24. The Balaban J connectivity index is 2.46. The van der Waals surface area contributed by atoms with E-state index >= 15 is 0 Å². The van der Waals surface area contributed by atoms with Gasteiger partial charge in [0.1, 0.15) is 11.5 Å². The molecular weight excluding hydrogens is 268 g/mol. The number of hydrogen-bond acceptors (Lipinski definition) is 3. The topological polar surface area (TPSA) is 59.6 Å². The van der Waals surface area contributed by atoms with E-state index in [1.54, 1.807) is 14.2 Å². The van der Waals surface area contributed by atoms with Gasteiger partial charge >= 0.3 is 6.03 Å². The van der Waals surface area contributed by atoms with Gasteiger partial charge in [0.15, 0.2) is 0 Å². The average molecular weight is 294 g/mol. The molecule has 0 saturated heterocycles. The van der Waals surface area contributed by atoms with E-state index in [-0.39, 0.29) is 11.4 Å². The summed E-state index contributed by atoms with van der Waals surface area (Å²) in [7, 11) is 3.26. The predicted octanol–water partition coefficient (Wildman–Crippen LogP) is 2.59. The van der Waals surface area contributed by atoms with Crippen molar-refractivity contribution < 1.29 is 14.3 Å². The molecule has 0 spiro atoms. The van der Waals surface area contributed by atoms with Crippen molar-refractivity contribution in [3.8, 4) is 11.5 Å². The number of carbonyl (C=O) groups is 1. The molecule has 0 radical (unpaired) electrons. The number of hydrogen-bond donors (Lipinski definition) is 2. The Kier molecular flexibility index (Phi) is 6.34. The molecule has 1 aromatic carbocycles. The second kappa shape index (κ2) is 7.76. The fourth-order valence-electron chi connectivity index (χ4n) is 1.80. The highest BCUT2D eigenvalue weighted by atomic mass is 16.5. The van der Waals surface area contributed by atoms with Crippen LogP contribution in [0.4, 0.5) is 4.79 Å². The third-order valence-corrected chi connectivity index (χ3v) is 2.95. The van der Waals surface area contributed by atoms with E-state index in [2.05, 4.69) is 31.4 Å². The lowest BCUT2D eigenvalue weighted by Gasteiger charge is -2.19. The summed E-state index contributed by atoms with van der Waals surface area (Å²) in [5.41, 5.74) is 1.08. The SMILES string of the molecule is COc1ccc(OC)c(CCNC(=O)NCC(C)(C)C)c1. The van der Waals surface area contributed by atoms with Gasteiger partial charge in [-0.25, -0.2) is 4.79 Å². The van der Waals surface area contributed by atoms with Crippen molar-refractivity contribution >= 4 is 6.03 Å². The molecule has 0 saturated carbocycles. The highest BCUT2D eigenvalue weighted by Gasteiger charge is 2.11. The van der Waals surface area contributed by atoms with Crippen molar-refractivity contribution in [2.75, 3.05) is 27.3 Å². The summed E-state index contributed by atoms with van der Waals surface area (Å²) in [5, 5.41) is 5.70. The fraction of sp³-hybridized carbons (Fsp3) is 0.562. The lowest BCUT2D eigenvalue weighted by atomic mass is 9.97. The van der Waals surface area contributed by atoms with Crippen LogP contribution in [0.3, 0.4) is 0 Å². The minimum absolute atomic E-state index is 0.0767. The highest BCUT2D eigenvalue weighted by molar-refractivity contribution is 5.73. The molecule has 2 amide bonds. The first-order valence-electron chi connectivity index (χ1n) is 7.08.